The number of benzene rings is 1. The molecule has 7 heteroatoms. The summed E-state index contributed by atoms with van der Waals surface area (Å²) in [5.41, 5.74) is 10.6. The highest BCUT2D eigenvalue weighted by atomic mass is 32.1. The predicted octanol–water partition coefficient (Wildman–Crippen LogP) is 3.17. The Balaban J connectivity index is 1.67. The fourth-order valence-electron chi connectivity index (χ4n) is 4.45. The number of aromatic amines is 1. The Labute approximate surface area is 169 Å². The number of fused-ring (bicyclic) bond motifs is 4. The molecule has 1 heterocycles. The summed E-state index contributed by atoms with van der Waals surface area (Å²) in [6, 6.07) is 8.27. The van der Waals surface area contributed by atoms with E-state index in [0.717, 1.165) is 54.5 Å². The maximum absolute atomic E-state index is 13.1. The minimum atomic E-state index is -0.0887. The van der Waals surface area contributed by atoms with Crippen molar-refractivity contribution in [2.75, 3.05) is 12.0 Å². The van der Waals surface area contributed by atoms with Gasteiger partial charge < -0.3 is 5.32 Å². The van der Waals surface area contributed by atoms with Gasteiger partial charge >= 0.3 is 0 Å². The third-order valence-corrected chi connectivity index (χ3v) is 5.90. The molecule has 2 aliphatic rings. The van der Waals surface area contributed by atoms with Crippen molar-refractivity contribution in [2.45, 2.75) is 44.4 Å². The van der Waals surface area contributed by atoms with Crippen LogP contribution in [0.25, 0.3) is 11.3 Å². The van der Waals surface area contributed by atoms with Gasteiger partial charge in [0.05, 0.1) is 11.3 Å². The Morgan fingerprint density at radius 1 is 1.32 bits per heavy atom. The molecular formula is C21H25N5OS. The van der Waals surface area contributed by atoms with E-state index in [0.29, 0.717) is 17.6 Å². The zero-order valence-electron chi connectivity index (χ0n) is 16.0. The van der Waals surface area contributed by atoms with Gasteiger partial charge in [0.25, 0.3) is 5.56 Å². The fraction of sp³-hybridized carbons (Fsp3) is 0.381. The van der Waals surface area contributed by atoms with Crippen molar-refractivity contribution in [1.29, 1.82) is 0 Å². The van der Waals surface area contributed by atoms with Gasteiger partial charge in [0.2, 0.25) is 5.95 Å². The minimum absolute atomic E-state index is 0.0634. The maximum atomic E-state index is 13.1. The van der Waals surface area contributed by atoms with Crippen LogP contribution in [0.1, 0.15) is 43.7 Å². The zero-order chi connectivity index (χ0) is 19.7. The molecule has 1 spiro atoms. The van der Waals surface area contributed by atoms with E-state index in [1.165, 1.54) is 5.56 Å². The lowest BCUT2D eigenvalue weighted by Crippen LogP contribution is -2.41. The molecule has 1 saturated carbocycles. The molecule has 4 rings (SSSR count). The molecule has 1 fully saturated rings. The SMILES string of the molecule is C=C(C)CNC(=S)NNc1nc2c(c(=O)[nH]1)C1(CCCC1)Cc1ccccc1-2. The second kappa shape index (κ2) is 7.39. The number of nitrogens with one attached hydrogen (secondary N) is 4. The third-order valence-electron chi connectivity index (χ3n) is 5.66. The number of hydrazine groups is 1. The van der Waals surface area contributed by atoms with E-state index in [2.05, 4.69) is 45.9 Å². The number of anilines is 1. The van der Waals surface area contributed by atoms with E-state index in [9.17, 15) is 4.79 Å². The van der Waals surface area contributed by atoms with Crippen LogP contribution < -0.4 is 21.7 Å². The molecule has 0 radical (unpaired) electrons. The first-order chi connectivity index (χ1) is 13.5. The van der Waals surface area contributed by atoms with Gasteiger partial charge in [-0.3, -0.25) is 20.6 Å². The molecule has 2 aliphatic carbocycles. The summed E-state index contributed by atoms with van der Waals surface area (Å²) in [4.78, 5) is 20.8. The first-order valence-corrected chi connectivity index (χ1v) is 10.1. The third kappa shape index (κ3) is 3.42. The van der Waals surface area contributed by atoms with Crippen molar-refractivity contribution >= 4 is 23.3 Å². The van der Waals surface area contributed by atoms with E-state index < -0.39 is 0 Å². The van der Waals surface area contributed by atoms with Crippen molar-refractivity contribution in [3.63, 3.8) is 0 Å². The number of hydrogen-bond acceptors (Lipinski definition) is 4. The normalized spacial score (nSPS) is 16.2. The summed E-state index contributed by atoms with van der Waals surface area (Å²) >= 11 is 5.23. The van der Waals surface area contributed by atoms with Crippen molar-refractivity contribution in [3.8, 4) is 11.3 Å². The molecule has 28 heavy (non-hydrogen) atoms. The lowest BCUT2D eigenvalue weighted by Gasteiger charge is -2.35. The van der Waals surface area contributed by atoms with E-state index in [1.54, 1.807) is 0 Å². The standard InChI is InChI=1S/C21H25N5OS/c1-13(2)12-22-20(28)26-25-19-23-17-15-8-4-3-7-14(15)11-21(9-5-6-10-21)16(17)18(27)24-19/h3-4,7-8H,1,5-6,9-12H2,2H3,(H2,22,26,28)(H2,23,24,25,27). The van der Waals surface area contributed by atoms with E-state index in [1.807, 2.05) is 13.0 Å². The van der Waals surface area contributed by atoms with Crippen LogP contribution in [0.3, 0.4) is 0 Å². The summed E-state index contributed by atoms with van der Waals surface area (Å²) in [5, 5.41) is 3.44. The monoisotopic (exact) mass is 395 g/mol. The number of rotatable bonds is 4. The van der Waals surface area contributed by atoms with Gasteiger partial charge in [-0.25, -0.2) is 4.98 Å². The van der Waals surface area contributed by atoms with Crippen LogP contribution in [0.2, 0.25) is 0 Å². The van der Waals surface area contributed by atoms with Crippen LogP contribution in [0, 0.1) is 0 Å². The molecule has 1 aromatic carbocycles. The lowest BCUT2D eigenvalue weighted by atomic mass is 9.68. The number of H-pyrrole nitrogens is 1. The van der Waals surface area contributed by atoms with Gasteiger partial charge in [-0.1, -0.05) is 49.3 Å². The van der Waals surface area contributed by atoms with Gasteiger partial charge in [-0.05, 0) is 44.0 Å². The second-order valence-electron chi connectivity index (χ2n) is 7.85. The van der Waals surface area contributed by atoms with E-state index >= 15 is 0 Å². The highest BCUT2D eigenvalue weighted by Crippen LogP contribution is 2.49. The van der Waals surface area contributed by atoms with Gasteiger partial charge in [-0.15, -0.1) is 0 Å². The molecule has 1 aromatic heterocycles. The molecule has 146 valence electrons. The number of hydrogen-bond donors (Lipinski definition) is 4. The quantitative estimate of drug-likeness (QED) is 0.362. The summed E-state index contributed by atoms with van der Waals surface area (Å²) in [6.45, 7) is 6.33. The Morgan fingerprint density at radius 2 is 2.07 bits per heavy atom. The van der Waals surface area contributed by atoms with Gasteiger partial charge in [0.1, 0.15) is 0 Å². The topological polar surface area (TPSA) is 81.8 Å². The molecule has 0 saturated heterocycles. The second-order valence-corrected chi connectivity index (χ2v) is 8.26. The molecule has 4 N–H and O–H groups in total. The predicted molar refractivity (Wildman–Crippen MR) is 116 cm³/mol. The highest BCUT2D eigenvalue weighted by molar-refractivity contribution is 7.80. The minimum Gasteiger partial charge on any atom is -0.358 e. The van der Waals surface area contributed by atoms with Gasteiger partial charge in [0, 0.05) is 17.5 Å². The fourth-order valence-corrected chi connectivity index (χ4v) is 4.57. The Hall–Kier alpha value is -2.67. The Morgan fingerprint density at radius 3 is 2.82 bits per heavy atom. The molecule has 0 unspecified atom stereocenters. The molecule has 0 bridgehead atoms. The molecular weight excluding hydrogens is 370 g/mol. The molecule has 6 nitrogen and oxygen atoms in total. The van der Waals surface area contributed by atoms with Crippen molar-refractivity contribution in [2.24, 2.45) is 0 Å². The molecule has 0 aliphatic heterocycles. The summed E-state index contributed by atoms with van der Waals surface area (Å²) in [6.07, 6.45) is 5.31. The number of aromatic nitrogens is 2. The largest absolute Gasteiger partial charge is 0.358 e. The van der Waals surface area contributed by atoms with Crippen LogP contribution in [-0.2, 0) is 11.8 Å². The first kappa shape index (κ1) is 18.7. The molecule has 2 aromatic rings. The smallest absolute Gasteiger partial charge is 0.256 e. The summed E-state index contributed by atoms with van der Waals surface area (Å²) < 4.78 is 0. The van der Waals surface area contributed by atoms with Gasteiger partial charge in [-0.2, -0.15) is 0 Å². The van der Waals surface area contributed by atoms with Crippen LogP contribution in [0.4, 0.5) is 5.95 Å². The lowest BCUT2D eigenvalue weighted by molar-refractivity contribution is 0.427. The van der Waals surface area contributed by atoms with Crippen LogP contribution in [0.15, 0.2) is 41.2 Å². The summed E-state index contributed by atoms with van der Waals surface area (Å²) in [5.74, 6) is 0.355. The zero-order valence-corrected chi connectivity index (χ0v) is 16.8. The van der Waals surface area contributed by atoms with Crippen molar-refractivity contribution < 1.29 is 0 Å². The van der Waals surface area contributed by atoms with Crippen LogP contribution >= 0.6 is 12.2 Å². The number of nitrogens with zero attached hydrogens (tertiary/aromatic N) is 1. The molecule has 0 atom stereocenters. The average molecular weight is 396 g/mol. The summed E-state index contributed by atoms with van der Waals surface area (Å²) in [7, 11) is 0. The first-order valence-electron chi connectivity index (χ1n) is 9.66. The maximum Gasteiger partial charge on any atom is 0.256 e. The Bertz CT molecular complexity index is 991. The van der Waals surface area contributed by atoms with Crippen LogP contribution in [-0.4, -0.2) is 21.6 Å². The Kier molecular flexibility index (Phi) is 4.93. The van der Waals surface area contributed by atoms with Gasteiger partial charge in [0.15, 0.2) is 5.11 Å². The molecule has 0 amide bonds. The van der Waals surface area contributed by atoms with Crippen LogP contribution in [0.5, 0.6) is 0 Å². The van der Waals surface area contributed by atoms with Crippen molar-refractivity contribution in [1.82, 2.24) is 20.7 Å². The highest BCUT2D eigenvalue weighted by Gasteiger charge is 2.43. The number of thiocarbonyl (C=S) groups is 1. The average Bonchev–Trinajstić information content (AvgIpc) is 3.13. The van der Waals surface area contributed by atoms with Crippen molar-refractivity contribution in [3.05, 3.63) is 57.9 Å². The van der Waals surface area contributed by atoms with E-state index in [4.69, 9.17) is 17.2 Å². The van der Waals surface area contributed by atoms with E-state index in [-0.39, 0.29) is 11.0 Å².